The number of benzene rings is 2. The number of pyridine rings is 1. The van der Waals surface area contributed by atoms with Crippen molar-refractivity contribution in [1.82, 2.24) is 9.71 Å². The quantitative estimate of drug-likeness (QED) is 0.744. The third kappa shape index (κ3) is 3.72. The summed E-state index contributed by atoms with van der Waals surface area (Å²) in [6.45, 7) is 0.410. The van der Waals surface area contributed by atoms with Crippen LogP contribution in [0.15, 0.2) is 54.7 Å². The van der Waals surface area contributed by atoms with E-state index in [0.717, 1.165) is 33.3 Å². The van der Waals surface area contributed by atoms with E-state index in [1.165, 1.54) is 6.26 Å². The van der Waals surface area contributed by atoms with Crippen molar-refractivity contribution in [3.8, 4) is 16.9 Å². The summed E-state index contributed by atoms with van der Waals surface area (Å²) in [5.74, 6) is 0.784. The van der Waals surface area contributed by atoms with E-state index >= 15 is 0 Å². The van der Waals surface area contributed by atoms with Crippen LogP contribution in [0.2, 0.25) is 0 Å². The highest BCUT2D eigenvalue weighted by Crippen LogP contribution is 2.29. The largest absolute Gasteiger partial charge is 0.497 e. The van der Waals surface area contributed by atoms with Gasteiger partial charge in [-0.2, -0.15) is 0 Å². The van der Waals surface area contributed by atoms with Crippen LogP contribution in [-0.2, 0) is 16.5 Å². The standard InChI is InChI=1S/C18H19N3O2S/c1-23-15-7-8-17-16(9-10-20-18(17)11-15)14-5-3-13(4-6-14)12-21-24(2,19)22/h3-11H,12H2,1-2H3,(H2,19,21,22). The van der Waals surface area contributed by atoms with Gasteiger partial charge in [0, 0.05) is 30.4 Å². The lowest BCUT2D eigenvalue weighted by Gasteiger charge is -2.09. The molecular weight excluding hydrogens is 322 g/mol. The molecule has 0 aliphatic carbocycles. The first-order valence-corrected chi connectivity index (χ1v) is 9.43. The molecule has 0 bridgehead atoms. The second-order valence-electron chi connectivity index (χ2n) is 5.60. The Labute approximate surface area is 141 Å². The highest BCUT2D eigenvalue weighted by atomic mass is 32.2. The molecule has 0 aliphatic rings. The van der Waals surface area contributed by atoms with E-state index in [2.05, 4.69) is 9.71 Å². The van der Waals surface area contributed by atoms with Crippen LogP contribution >= 0.6 is 0 Å². The van der Waals surface area contributed by atoms with Crippen molar-refractivity contribution in [2.24, 2.45) is 0 Å². The van der Waals surface area contributed by atoms with E-state index in [4.69, 9.17) is 9.52 Å². The topological polar surface area (TPSA) is 75.1 Å². The molecule has 124 valence electrons. The number of nitrogens with one attached hydrogen (secondary N) is 2. The fourth-order valence-electron chi connectivity index (χ4n) is 2.53. The van der Waals surface area contributed by atoms with Crippen molar-refractivity contribution in [1.29, 1.82) is 4.78 Å². The minimum Gasteiger partial charge on any atom is -0.497 e. The monoisotopic (exact) mass is 341 g/mol. The van der Waals surface area contributed by atoms with E-state index in [0.29, 0.717) is 6.54 Å². The van der Waals surface area contributed by atoms with Gasteiger partial charge in [-0.25, -0.2) is 13.7 Å². The maximum Gasteiger partial charge on any atom is 0.121 e. The van der Waals surface area contributed by atoms with E-state index in [-0.39, 0.29) is 0 Å². The summed E-state index contributed by atoms with van der Waals surface area (Å²) in [5.41, 5.74) is 4.06. The van der Waals surface area contributed by atoms with Crippen LogP contribution in [-0.4, -0.2) is 22.6 Å². The predicted octanol–water partition coefficient (Wildman–Crippen LogP) is 3.59. The first-order valence-electron chi connectivity index (χ1n) is 7.47. The van der Waals surface area contributed by atoms with E-state index < -0.39 is 9.92 Å². The summed E-state index contributed by atoms with van der Waals surface area (Å²) in [6, 6.07) is 15.9. The third-order valence-corrected chi connectivity index (χ3v) is 4.46. The molecule has 3 aromatic rings. The molecule has 0 saturated carbocycles. The molecule has 3 rings (SSSR count). The molecule has 0 aliphatic heterocycles. The Hall–Kier alpha value is -2.44. The van der Waals surface area contributed by atoms with Gasteiger partial charge in [0.05, 0.1) is 12.6 Å². The van der Waals surface area contributed by atoms with Crippen molar-refractivity contribution >= 4 is 20.8 Å². The van der Waals surface area contributed by atoms with Gasteiger partial charge in [-0.15, -0.1) is 0 Å². The first-order chi connectivity index (χ1) is 11.5. The van der Waals surface area contributed by atoms with Crippen molar-refractivity contribution < 1.29 is 8.95 Å². The van der Waals surface area contributed by atoms with Crippen LogP contribution in [0.4, 0.5) is 0 Å². The zero-order valence-corrected chi connectivity index (χ0v) is 14.4. The Morgan fingerprint density at radius 3 is 2.58 bits per heavy atom. The molecule has 0 spiro atoms. The normalized spacial score (nSPS) is 13.6. The summed E-state index contributed by atoms with van der Waals surface area (Å²) >= 11 is 0. The van der Waals surface area contributed by atoms with Crippen molar-refractivity contribution in [2.45, 2.75) is 6.54 Å². The number of methoxy groups -OCH3 is 1. The second kappa shape index (κ2) is 6.59. The van der Waals surface area contributed by atoms with Gasteiger partial charge in [-0.3, -0.25) is 4.98 Å². The average Bonchev–Trinajstić information content (AvgIpc) is 2.59. The molecule has 0 saturated heterocycles. The Morgan fingerprint density at radius 2 is 1.92 bits per heavy atom. The smallest absolute Gasteiger partial charge is 0.121 e. The van der Waals surface area contributed by atoms with E-state index in [1.54, 1.807) is 13.3 Å². The SMILES string of the molecule is COc1ccc2c(-c3ccc(CNS(C)(=N)=O)cc3)ccnc2c1. The summed E-state index contributed by atoms with van der Waals surface area (Å²) in [5, 5.41) is 1.06. The molecule has 1 unspecified atom stereocenters. The minimum absolute atomic E-state index is 0.410. The lowest BCUT2D eigenvalue weighted by atomic mass is 10.00. The molecule has 0 fully saturated rings. The molecule has 1 atom stereocenters. The molecule has 2 aromatic carbocycles. The van der Waals surface area contributed by atoms with E-state index in [9.17, 15) is 4.21 Å². The van der Waals surface area contributed by atoms with Crippen molar-refractivity contribution in [3.05, 3.63) is 60.3 Å². The Balaban J connectivity index is 1.93. The molecule has 0 radical (unpaired) electrons. The van der Waals surface area contributed by atoms with Gasteiger partial charge < -0.3 is 4.74 Å². The Morgan fingerprint density at radius 1 is 1.17 bits per heavy atom. The number of rotatable bonds is 5. The van der Waals surface area contributed by atoms with Gasteiger partial charge in [0.1, 0.15) is 15.7 Å². The number of hydrogen-bond donors (Lipinski definition) is 2. The molecule has 1 aromatic heterocycles. The number of ether oxygens (including phenoxy) is 1. The van der Waals surface area contributed by atoms with Crippen LogP contribution < -0.4 is 9.46 Å². The predicted molar refractivity (Wildman–Crippen MR) is 97.4 cm³/mol. The van der Waals surface area contributed by atoms with Crippen molar-refractivity contribution in [2.75, 3.05) is 13.4 Å². The summed E-state index contributed by atoms with van der Waals surface area (Å²) in [4.78, 5) is 4.41. The molecular formula is C18H19N3O2S. The highest BCUT2D eigenvalue weighted by molar-refractivity contribution is 7.89. The third-order valence-electron chi connectivity index (χ3n) is 3.77. The molecule has 24 heavy (non-hydrogen) atoms. The van der Waals surface area contributed by atoms with Crippen molar-refractivity contribution in [3.63, 3.8) is 0 Å². The number of fused-ring (bicyclic) bond motifs is 1. The fraction of sp³-hybridized carbons (Fsp3) is 0.167. The van der Waals surface area contributed by atoms with Crippen LogP contribution in [0.25, 0.3) is 22.0 Å². The lowest BCUT2D eigenvalue weighted by molar-refractivity contribution is 0.415. The number of hydrogen-bond acceptors (Lipinski definition) is 4. The lowest BCUT2D eigenvalue weighted by Crippen LogP contribution is -2.19. The van der Waals surface area contributed by atoms with Gasteiger partial charge in [0.25, 0.3) is 0 Å². The number of aromatic nitrogens is 1. The van der Waals surface area contributed by atoms with Gasteiger partial charge in [-0.05, 0) is 34.9 Å². The first kappa shape index (κ1) is 16.4. The van der Waals surface area contributed by atoms with Gasteiger partial charge >= 0.3 is 0 Å². The minimum atomic E-state index is -2.69. The molecule has 5 nitrogen and oxygen atoms in total. The zero-order valence-electron chi connectivity index (χ0n) is 13.6. The zero-order chi connectivity index (χ0) is 17.2. The Kier molecular flexibility index (Phi) is 4.51. The van der Waals surface area contributed by atoms with Gasteiger partial charge in [0.2, 0.25) is 0 Å². The summed E-state index contributed by atoms with van der Waals surface area (Å²) in [6.07, 6.45) is 3.16. The van der Waals surface area contributed by atoms with Crippen LogP contribution in [0.5, 0.6) is 5.75 Å². The molecule has 2 N–H and O–H groups in total. The van der Waals surface area contributed by atoms with E-state index in [1.807, 2.05) is 48.5 Å². The Bertz CT molecular complexity index is 967. The average molecular weight is 341 g/mol. The molecule has 0 amide bonds. The highest BCUT2D eigenvalue weighted by Gasteiger charge is 2.06. The van der Waals surface area contributed by atoms with Crippen LogP contribution in [0.3, 0.4) is 0 Å². The van der Waals surface area contributed by atoms with Crippen LogP contribution in [0.1, 0.15) is 5.56 Å². The fourth-order valence-corrected chi connectivity index (χ4v) is 2.97. The second-order valence-corrected chi connectivity index (χ2v) is 7.58. The maximum atomic E-state index is 11.4. The number of nitrogens with zero attached hydrogens (tertiary/aromatic N) is 1. The molecule has 6 heteroatoms. The summed E-state index contributed by atoms with van der Waals surface area (Å²) in [7, 11) is -1.05. The van der Waals surface area contributed by atoms with Crippen LogP contribution in [0, 0.1) is 4.78 Å². The molecule has 1 heterocycles. The maximum absolute atomic E-state index is 11.4. The van der Waals surface area contributed by atoms with Gasteiger partial charge in [-0.1, -0.05) is 24.3 Å². The summed E-state index contributed by atoms with van der Waals surface area (Å²) < 4.78 is 26.7. The van der Waals surface area contributed by atoms with Gasteiger partial charge in [0.15, 0.2) is 0 Å².